The molecule has 0 radical (unpaired) electrons. The second-order valence-electron chi connectivity index (χ2n) is 7.63. The highest BCUT2D eigenvalue weighted by Gasteiger charge is 2.31. The molecular formula is C23H25FN4O2. The molecule has 1 aromatic heterocycles. The van der Waals surface area contributed by atoms with Gasteiger partial charge in [0.25, 0.3) is 0 Å². The molecular weight excluding hydrogens is 383 g/mol. The number of amides is 1. The first-order valence-corrected chi connectivity index (χ1v) is 9.91. The molecule has 1 atom stereocenters. The Bertz CT molecular complexity index is 1040. The van der Waals surface area contributed by atoms with E-state index in [-0.39, 0.29) is 24.2 Å². The number of benzene rings is 2. The van der Waals surface area contributed by atoms with Gasteiger partial charge in [0, 0.05) is 24.6 Å². The van der Waals surface area contributed by atoms with Gasteiger partial charge in [-0.15, -0.1) is 0 Å². The summed E-state index contributed by atoms with van der Waals surface area (Å²) in [5, 5.41) is 0. The van der Waals surface area contributed by atoms with E-state index in [9.17, 15) is 9.18 Å². The molecule has 0 aliphatic carbocycles. The molecule has 2 heterocycles. The van der Waals surface area contributed by atoms with Crippen LogP contribution in [0.1, 0.15) is 28.4 Å². The number of rotatable bonds is 6. The summed E-state index contributed by atoms with van der Waals surface area (Å²) in [4.78, 5) is 24.4. The molecule has 4 rings (SSSR count). The van der Waals surface area contributed by atoms with Crippen LogP contribution >= 0.6 is 0 Å². The minimum absolute atomic E-state index is 0.00184. The molecule has 156 valence electrons. The summed E-state index contributed by atoms with van der Waals surface area (Å²) in [6.07, 6.45) is 1.68. The number of aromatic nitrogens is 2. The lowest BCUT2D eigenvalue weighted by Gasteiger charge is -2.33. The number of fused-ring (bicyclic) bond motifs is 1. The zero-order valence-corrected chi connectivity index (χ0v) is 17.1. The summed E-state index contributed by atoms with van der Waals surface area (Å²) in [7, 11) is 3.47. The Labute approximate surface area is 175 Å². The Kier molecular flexibility index (Phi) is 5.81. The second kappa shape index (κ2) is 8.67. The first-order valence-electron chi connectivity index (χ1n) is 9.91. The van der Waals surface area contributed by atoms with Crippen molar-refractivity contribution in [2.75, 3.05) is 27.2 Å². The van der Waals surface area contributed by atoms with Crippen LogP contribution in [-0.2, 0) is 17.9 Å². The number of ether oxygens (including phenoxy) is 1. The van der Waals surface area contributed by atoms with E-state index in [1.54, 1.807) is 31.6 Å². The van der Waals surface area contributed by atoms with Crippen LogP contribution in [0.5, 0.6) is 5.75 Å². The van der Waals surface area contributed by atoms with Crippen molar-refractivity contribution >= 4 is 5.91 Å². The summed E-state index contributed by atoms with van der Waals surface area (Å²) >= 11 is 0. The molecule has 1 N–H and O–H groups in total. The molecule has 6 nitrogen and oxygen atoms in total. The van der Waals surface area contributed by atoms with Gasteiger partial charge in [0.1, 0.15) is 11.6 Å². The van der Waals surface area contributed by atoms with Crippen molar-refractivity contribution in [3.8, 4) is 5.75 Å². The Morgan fingerprint density at radius 1 is 1.30 bits per heavy atom. The van der Waals surface area contributed by atoms with Gasteiger partial charge in [-0.2, -0.15) is 0 Å². The van der Waals surface area contributed by atoms with Gasteiger partial charge >= 0.3 is 0 Å². The van der Waals surface area contributed by atoms with Crippen molar-refractivity contribution in [3.05, 3.63) is 83.2 Å². The van der Waals surface area contributed by atoms with Crippen molar-refractivity contribution < 1.29 is 13.9 Å². The Balaban J connectivity index is 1.49. The summed E-state index contributed by atoms with van der Waals surface area (Å²) in [6.45, 7) is 1.61. The zero-order valence-electron chi connectivity index (χ0n) is 17.1. The third-order valence-corrected chi connectivity index (χ3v) is 5.49. The van der Waals surface area contributed by atoms with Gasteiger partial charge in [0.15, 0.2) is 0 Å². The molecule has 2 aromatic carbocycles. The number of nitrogens with one attached hydrogen (secondary N) is 1. The number of aromatic amines is 1. The van der Waals surface area contributed by atoms with Crippen molar-refractivity contribution in [2.24, 2.45) is 0 Å². The van der Waals surface area contributed by atoms with E-state index in [1.165, 1.54) is 6.07 Å². The third-order valence-electron chi connectivity index (χ3n) is 5.49. The van der Waals surface area contributed by atoms with E-state index in [1.807, 2.05) is 41.1 Å². The molecule has 0 bridgehead atoms. The standard InChI is InChI=1S/C23H25FN4O2/c1-27(11-17-6-3-4-9-20(17)24)14-22(29)28-12-19(23-21(13-28)25-15-26-23)16-7-5-8-18(10-16)30-2/h3-10,15,19H,11-14H2,1-2H3,(H,25,26). The highest BCUT2D eigenvalue weighted by atomic mass is 19.1. The normalized spacial score (nSPS) is 15.9. The molecule has 0 saturated carbocycles. The Morgan fingerprint density at radius 2 is 2.13 bits per heavy atom. The number of hydrogen-bond donors (Lipinski definition) is 1. The number of carbonyl (C=O) groups is 1. The largest absolute Gasteiger partial charge is 0.497 e. The van der Waals surface area contributed by atoms with Crippen molar-refractivity contribution in [1.29, 1.82) is 0 Å². The first-order chi connectivity index (χ1) is 14.5. The number of nitrogens with zero attached hydrogens (tertiary/aromatic N) is 3. The van der Waals surface area contributed by atoms with Gasteiger partial charge in [-0.05, 0) is 30.8 Å². The van der Waals surface area contributed by atoms with Crippen LogP contribution in [0.2, 0.25) is 0 Å². The van der Waals surface area contributed by atoms with E-state index in [0.29, 0.717) is 25.2 Å². The maximum atomic E-state index is 13.9. The summed E-state index contributed by atoms with van der Waals surface area (Å²) in [6, 6.07) is 14.5. The molecule has 1 aliphatic rings. The van der Waals surface area contributed by atoms with E-state index < -0.39 is 0 Å². The fraction of sp³-hybridized carbons (Fsp3) is 0.304. The topological polar surface area (TPSA) is 61.5 Å². The van der Waals surface area contributed by atoms with Gasteiger partial charge in [0.2, 0.25) is 5.91 Å². The molecule has 1 amide bonds. The summed E-state index contributed by atoms with van der Waals surface area (Å²) < 4.78 is 19.3. The van der Waals surface area contributed by atoms with Gasteiger partial charge < -0.3 is 14.6 Å². The molecule has 1 unspecified atom stereocenters. The van der Waals surface area contributed by atoms with E-state index in [4.69, 9.17) is 4.74 Å². The van der Waals surface area contributed by atoms with Crippen LogP contribution in [-0.4, -0.2) is 52.9 Å². The molecule has 0 saturated heterocycles. The number of H-pyrrole nitrogens is 1. The van der Waals surface area contributed by atoms with Crippen LogP contribution in [0.4, 0.5) is 4.39 Å². The van der Waals surface area contributed by atoms with Gasteiger partial charge in [-0.3, -0.25) is 9.69 Å². The molecule has 1 aliphatic heterocycles. The lowest BCUT2D eigenvalue weighted by atomic mass is 9.90. The maximum absolute atomic E-state index is 13.9. The molecule has 0 fully saturated rings. The van der Waals surface area contributed by atoms with Gasteiger partial charge in [-0.1, -0.05) is 30.3 Å². The van der Waals surface area contributed by atoms with Crippen LogP contribution < -0.4 is 4.74 Å². The predicted molar refractivity (Wildman–Crippen MR) is 112 cm³/mol. The summed E-state index contributed by atoms with van der Waals surface area (Å²) in [5.74, 6) is 0.491. The number of halogens is 1. The van der Waals surface area contributed by atoms with Crippen LogP contribution in [0.25, 0.3) is 0 Å². The van der Waals surface area contributed by atoms with E-state index in [0.717, 1.165) is 22.7 Å². The molecule has 0 spiro atoms. The van der Waals surface area contributed by atoms with Gasteiger partial charge in [0.05, 0.1) is 37.9 Å². The third kappa shape index (κ3) is 4.21. The number of likely N-dealkylation sites (N-methyl/N-ethyl adjacent to an activating group) is 1. The fourth-order valence-corrected chi connectivity index (χ4v) is 3.94. The molecule has 7 heteroatoms. The van der Waals surface area contributed by atoms with Crippen LogP contribution in [0.3, 0.4) is 0 Å². The van der Waals surface area contributed by atoms with Crippen molar-refractivity contribution in [1.82, 2.24) is 19.8 Å². The predicted octanol–water partition coefficient (Wildman–Crippen LogP) is 3.16. The summed E-state index contributed by atoms with van der Waals surface area (Å²) in [5.41, 5.74) is 3.54. The lowest BCUT2D eigenvalue weighted by molar-refractivity contribution is -0.133. The number of hydrogen-bond acceptors (Lipinski definition) is 4. The quantitative estimate of drug-likeness (QED) is 0.681. The molecule has 3 aromatic rings. The maximum Gasteiger partial charge on any atom is 0.237 e. The van der Waals surface area contributed by atoms with Crippen molar-refractivity contribution in [2.45, 2.75) is 19.0 Å². The smallest absolute Gasteiger partial charge is 0.237 e. The Hall–Kier alpha value is -3.19. The number of imidazole rings is 1. The Morgan fingerprint density at radius 3 is 2.93 bits per heavy atom. The highest BCUT2D eigenvalue weighted by Crippen LogP contribution is 2.33. The fourth-order valence-electron chi connectivity index (χ4n) is 3.94. The second-order valence-corrected chi connectivity index (χ2v) is 7.63. The van der Waals surface area contributed by atoms with Gasteiger partial charge in [-0.25, -0.2) is 9.37 Å². The SMILES string of the molecule is COc1cccc(C2CN(C(=O)CN(C)Cc3ccccc3F)Cc3[nH]cnc32)c1. The highest BCUT2D eigenvalue weighted by molar-refractivity contribution is 5.78. The average Bonchev–Trinajstić information content (AvgIpc) is 3.23. The molecule has 30 heavy (non-hydrogen) atoms. The zero-order chi connectivity index (χ0) is 21.1. The average molecular weight is 408 g/mol. The number of methoxy groups -OCH3 is 1. The van der Waals surface area contributed by atoms with Crippen molar-refractivity contribution in [3.63, 3.8) is 0 Å². The van der Waals surface area contributed by atoms with Crippen LogP contribution in [0.15, 0.2) is 54.9 Å². The van der Waals surface area contributed by atoms with E-state index >= 15 is 0 Å². The lowest BCUT2D eigenvalue weighted by Crippen LogP contribution is -2.43. The first kappa shape index (κ1) is 20.1. The minimum Gasteiger partial charge on any atom is -0.497 e. The van der Waals surface area contributed by atoms with E-state index in [2.05, 4.69) is 9.97 Å². The number of carbonyl (C=O) groups excluding carboxylic acids is 1. The minimum atomic E-state index is -0.255. The van der Waals surface area contributed by atoms with Crippen LogP contribution in [0, 0.1) is 5.82 Å². The monoisotopic (exact) mass is 408 g/mol.